The smallest absolute Gasteiger partial charge is 0.317 e. The summed E-state index contributed by atoms with van der Waals surface area (Å²) < 4.78 is 0. The van der Waals surface area contributed by atoms with Crippen LogP contribution in [-0.4, -0.2) is 66.6 Å². The number of rotatable bonds is 6. The van der Waals surface area contributed by atoms with E-state index in [2.05, 4.69) is 31.2 Å². The number of carbonyl (C=O) groups excluding carboxylic acids is 1. The lowest BCUT2D eigenvalue weighted by Crippen LogP contribution is -2.47. The Balaban J connectivity index is 1.65. The van der Waals surface area contributed by atoms with Gasteiger partial charge in [-0.2, -0.15) is 11.8 Å². The lowest BCUT2D eigenvalue weighted by Gasteiger charge is -2.33. The van der Waals surface area contributed by atoms with Crippen LogP contribution in [0.3, 0.4) is 0 Å². The number of carbonyl (C=O) groups is 1. The largest absolute Gasteiger partial charge is 0.335 e. The average molecular weight is 328 g/mol. The predicted octanol–water partition coefficient (Wildman–Crippen LogP) is 3.03. The van der Waals surface area contributed by atoms with Crippen LogP contribution in [0, 0.1) is 5.92 Å². The van der Waals surface area contributed by atoms with Gasteiger partial charge >= 0.3 is 6.03 Å². The summed E-state index contributed by atoms with van der Waals surface area (Å²) in [5.74, 6) is 1.98. The third-order valence-electron chi connectivity index (χ3n) is 5.00. The number of urea groups is 1. The number of amides is 2. The van der Waals surface area contributed by atoms with Crippen molar-refractivity contribution in [3.05, 3.63) is 0 Å². The Morgan fingerprint density at radius 3 is 2.59 bits per heavy atom. The molecular formula is C17H33N3OS. The number of likely N-dealkylation sites (tertiary alicyclic amines) is 1. The standard InChI is InChI=1S/C17H33N3OS/c1-4-22-16-6-5-15(13-16)18-17(21)20-11-8-14(9-12-20)7-10-19(2)3/h14-16H,4-13H2,1-3H3,(H,18,21)/t15-,16+/m1/s1. The highest BCUT2D eigenvalue weighted by molar-refractivity contribution is 7.99. The average Bonchev–Trinajstić information content (AvgIpc) is 2.93. The maximum Gasteiger partial charge on any atom is 0.317 e. The van der Waals surface area contributed by atoms with Crippen LogP contribution in [0.2, 0.25) is 0 Å². The zero-order chi connectivity index (χ0) is 15.9. The summed E-state index contributed by atoms with van der Waals surface area (Å²) in [6, 6.07) is 0.584. The van der Waals surface area contributed by atoms with Crippen LogP contribution in [-0.2, 0) is 0 Å². The topological polar surface area (TPSA) is 35.6 Å². The van der Waals surface area contributed by atoms with Crippen molar-refractivity contribution >= 4 is 17.8 Å². The Morgan fingerprint density at radius 2 is 1.95 bits per heavy atom. The third kappa shape index (κ3) is 5.65. The quantitative estimate of drug-likeness (QED) is 0.814. The molecule has 2 rings (SSSR count). The maximum atomic E-state index is 12.4. The van der Waals surface area contributed by atoms with E-state index in [0.29, 0.717) is 6.04 Å². The van der Waals surface area contributed by atoms with Gasteiger partial charge in [0.25, 0.3) is 0 Å². The fourth-order valence-corrected chi connectivity index (χ4v) is 4.73. The van der Waals surface area contributed by atoms with Crippen LogP contribution < -0.4 is 5.32 Å². The number of hydrogen-bond donors (Lipinski definition) is 1. The minimum absolute atomic E-state index is 0.179. The second-order valence-corrected chi connectivity index (χ2v) is 8.64. The van der Waals surface area contributed by atoms with E-state index >= 15 is 0 Å². The first kappa shape index (κ1) is 17.9. The van der Waals surface area contributed by atoms with Gasteiger partial charge in [-0.05, 0) is 70.8 Å². The molecule has 0 bridgehead atoms. The molecule has 0 aromatic rings. The highest BCUT2D eigenvalue weighted by Crippen LogP contribution is 2.30. The van der Waals surface area contributed by atoms with Crippen molar-refractivity contribution < 1.29 is 4.79 Å². The van der Waals surface area contributed by atoms with E-state index in [1.54, 1.807) is 0 Å². The van der Waals surface area contributed by atoms with Crippen molar-refractivity contribution in [1.82, 2.24) is 15.1 Å². The fraction of sp³-hybridized carbons (Fsp3) is 0.941. The van der Waals surface area contributed by atoms with E-state index in [9.17, 15) is 4.79 Å². The van der Waals surface area contributed by atoms with Gasteiger partial charge in [-0.25, -0.2) is 4.79 Å². The molecule has 1 saturated heterocycles. The molecule has 0 radical (unpaired) electrons. The summed E-state index contributed by atoms with van der Waals surface area (Å²) in [6.45, 7) is 5.25. The number of thioether (sulfide) groups is 1. The molecule has 0 unspecified atom stereocenters. The van der Waals surface area contributed by atoms with Crippen LogP contribution in [0.15, 0.2) is 0 Å². The van der Waals surface area contributed by atoms with E-state index in [1.165, 1.54) is 31.4 Å². The predicted molar refractivity (Wildman–Crippen MR) is 95.6 cm³/mol. The molecule has 1 heterocycles. The Morgan fingerprint density at radius 1 is 1.23 bits per heavy atom. The molecule has 2 aliphatic rings. The SMILES string of the molecule is CCS[C@H]1CC[C@@H](NC(=O)N2CCC(CCN(C)C)CC2)C1. The van der Waals surface area contributed by atoms with E-state index < -0.39 is 0 Å². The van der Waals surface area contributed by atoms with E-state index in [-0.39, 0.29) is 6.03 Å². The van der Waals surface area contributed by atoms with Gasteiger partial charge in [0.05, 0.1) is 0 Å². The molecule has 1 N–H and O–H groups in total. The van der Waals surface area contributed by atoms with E-state index in [4.69, 9.17) is 0 Å². The summed E-state index contributed by atoms with van der Waals surface area (Å²) in [5.41, 5.74) is 0. The van der Waals surface area contributed by atoms with Crippen molar-refractivity contribution in [1.29, 1.82) is 0 Å². The van der Waals surface area contributed by atoms with Gasteiger partial charge in [0.15, 0.2) is 0 Å². The zero-order valence-corrected chi connectivity index (χ0v) is 15.3. The van der Waals surface area contributed by atoms with Crippen molar-refractivity contribution in [3.8, 4) is 0 Å². The Labute approximate surface area is 140 Å². The minimum atomic E-state index is 0.179. The minimum Gasteiger partial charge on any atom is -0.335 e. The molecule has 0 aromatic carbocycles. The molecule has 128 valence electrons. The van der Waals surface area contributed by atoms with Gasteiger partial charge in [-0.15, -0.1) is 0 Å². The Hall–Kier alpha value is -0.420. The highest BCUT2D eigenvalue weighted by Gasteiger charge is 2.28. The molecule has 0 spiro atoms. The van der Waals surface area contributed by atoms with Gasteiger partial charge in [0.2, 0.25) is 0 Å². The summed E-state index contributed by atoms with van der Waals surface area (Å²) in [5, 5.41) is 4.02. The molecule has 1 aliphatic carbocycles. The second-order valence-electron chi connectivity index (χ2n) is 7.06. The van der Waals surface area contributed by atoms with Crippen molar-refractivity contribution in [2.24, 2.45) is 5.92 Å². The van der Waals surface area contributed by atoms with Gasteiger partial charge in [-0.3, -0.25) is 0 Å². The lowest BCUT2D eigenvalue weighted by molar-refractivity contribution is 0.162. The highest BCUT2D eigenvalue weighted by atomic mass is 32.2. The first-order chi connectivity index (χ1) is 10.6. The number of nitrogens with zero attached hydrogens (tertiary/aromatic N) is 2. The van der Waals surface area contributed by atoms with Crippen molar-refractivity contribution in [3.63, 3.8) is 0 Å². The number of piperidine rings is 1. The Bertz CT molecular complexity index is 343. The maximum absolute atomic E-state index is 12.4. The van der Waals surface area contributed by atoms with Crippen LogP contribution >= 0.6 is 11.8 Å². The Kier molecular flexibility index (Phi) is 7.35. The van der Waals surface area contributed by atoms with E-state index in [1.807, 2.05) is 16.7 Å². The fourth-order valence-electron chi connectivity index (χ4n) is 3.59. The summed E-state index contributed by atoms with van der Waals surface area (Å²) in [6.07, 6.45) is 7.17. The molecular weight excluding hydrogens is 294 g/mol. The van der Waals surface area contributed by atoms with Gasteiger partial charge < -0.3 is 15.1 Å². The van der Waals surface area contributed by atoms with Gasteiger partial charge in [0, 0.05) is 24.4 Å². The molecule has 2 atom stereocenters. The molecule has 0 aromatic heterocycles. The summed E-state index contributed by atoms with van der Waals surface area (Å²) in [7, 11) is 4.27. The normalized spacial score (nSPS) is 26.6. The van der Waals surface area contributed by atoms with Crippen LogP contribution in [0.1, 0.15) is 45.4 Å². The molecule has 1 aliphatic heterocycles. The first-order valence-electron chi connectivity index (χ1n) is 8.90. The second kappa shape index (κ2) is 9.02. The number of hydrogen-bond acceptors (Lipinski definition) is 3. The summed E-state index contributed by atoms with van der Waals surface area (Å²) >= 11 is 2.04. The van der Waals surface area contributed by atoms with Crippen molar-refractivity contribution in [2.75, 3.05) is 39.5 Å². The molecule has 4 nitrogen and oxygen atoms in total. The van der Waals surface area contributed by atoms with Crippen LogP contribution in [0.4, 0.5) is 4.79 Å². The molecule has 2 fully saturated rings. The summed E-state index contributed by atoms with van der Waals surface area (Å²) in [4.78, 5) is 16.7. The van der Waals surface area contributed by atoms with Gasteiger partial charge in [0.1, 0.15) is 0 Å². The molecule has 5 heteroatoms. The van der Waals surface area contributed by atoms with Crippen molar-refractivity contribution in [2.45, 2.75) is 56.7 Å². The van der Waals surface area contributed by atoms with Crippen LogP contribution in [0.25, 0.3) is 0 Å². The monoisotopic (exact) mass is 327 g/mol. The number of nitrogens with one attached hydrogen (secondary N) is 1. The zero-order valence-electron chi connectivity index (χ0n) is 14.5. The molecule has 2 amide bonds. The van der Waals surface area contributed by atoms with Gasteiger partial charge in [-0.1, -0.05) is 6.92 Å². The third-order valence-corrected chi connectivity index (χ3v) is 6.23. The first-order valence-corrected chi connectivity index (χ1v) is 9.95. The molecule has 22 heavy (non-hydrogen) atoms. The van der Waals surface area contributed by atoms with E-state index in [0.717, 1.165) is 43.6 Å². The molecule has 1 saturated carbocycles. The van der Waals surface area contributed by atoms with Crippen LogP contribution in [0.5, 0.6) is 0 Å². The lowest BCUT2D eigenvalue weighted by atomic mass is 9.93.